The smallest absolute Gasteiger partial charge is 0.254 e. The average Bonchev–Trinajstić information content (AvgIpc) is 3.17. The number of rotatable bonds is 5. The zero-order valence-electron chi connectivity index (χ0n) is 14.3. The number of furan rings is 1. The number of methoxy groups -OCH3 is 1. The molecule has 3 rings (SSSR count). The number of hydrogen-bond acceptors (Lipinski definition) is 5. The van der Waals surface area contributed by atoms with Crippen molar-refractivity contribution in [2.75, 3.05) is 18.6 Å². The molecule has 0 unspecified atom stereocenters. The fraction of sp³-hybridized carbons (Fsp3) is 0.389. The molecule has 1 aromatic heterocycles. The van der Waals surface area contributed by atoms with Gasteiger partial charge in [0, 0.05) is 11.6 Å². The summed E-state index contributed by atoms with van der Waals surface area (Å²) in [7, 11) is -1.54. The first-order chi connectivity index (χ1) is 11.9. The van der Waals surface area contributed by atoms with Gasteiger partial charge in [-0.25, -0.2) is 8.42 Å². The number of amides is 1. The van der Waals surface area contributed by atoms with Crippen LogP contribution in [0.1, 0.15) is 28.3 Å². The highest BCUT2D eigenvalue weighted by Crippen LogP contribution is 2.24. The molecule has 2 heterocycles. The number of hydrogen-bond donors (Lipinski definition) is 0. The lowest BCUT2D eigenvalue weighted by molar-refractivity contribution is 0.0665. The number of carbonyl (C=O) groups is 1. The molecule has 7 heteroatoms. The second-order valence-corrected chi connectivity index (χ2v) is 8.46. The highest BCUT2D eigenvalue weighted by Gasteiger charge is 2.35. The average molecular weight is 363 g/mol. The van der Waals surface area contributed by atoms with Crippen molar-refractivity contribution in [1.82, 2.24) is 4.90 Å². The maximum Gasteiger partial charge on any atom is 0.254 e. The van der Waals surface area contributed by atoms with Crippen molar-refractivity contribution in [3.05, 3.63) is 53.5 Å². The van der Waals surface area contributed by atoms with Crippen LogP contribution in [0.5, 0.6) is 5.75 Å². The third kappa shape index (κ3) is 4.04. The summed E-state index contributed by atoms with van der Waals surface area (Å²) in [5.41, 5.74) is 0.494. The van der Waals surface area contributed by atoms with Crippen LogP contribution < -0.4 is 4.74 Å². The molecule has 1 aromatic carbocycles. The van der Waals surface area contributed by atoms with E-state index in [1.54, 1.807) is 36.3 Å². The van der Waals surface area contributed by atoms with E-state index in [0.29, 0.717) is 23.5 Å². The molecule has 1 aliphatic heterocycles. The van der Waals surface area contributed by atoms with Crippen molar-refractivity contribution < 1.29 is 22.4 Å². The molecular formula is C18H21NO5S. The molecule has 1 aliphatic rings. The largest absolute Gasteiger partial charge is 0.497 e. The predicted molar refractivity (Wildman–Crippen MR) is 93.4 cm³/mol. The molecule has 1 saturated heterocycles. The molecule has 25 heavy (non-hydrogen) atoms. The summed E-state index contributed by atoms with van der Waals surface area (Å²) in [6, 6.07) is 10.1. The van der Waals surface area contributed by atoms with Crippen molar-refractivity contribution in [2.24, 2.45) is 0 Å². The molecule has 0 saturated carbocycles. The Balaban J connectivity index is 1.87. The highest BCUT2D eigenvalue weighted by atomic mass is 32.2. The number of sulfone groups is 1. The van der Waals surface area contributed by atoms with Gasteiger partial charge in [-0.05, 0) is 49.7 Å². The van der Waals surface area contributed by atoms with Gasteiger partial charge in [0.25, 0.3) is 5.91 Å². The van der Waals surface area contributed by atoms with Gasteiger partial charge >= 0.3 is 0 Å². The summed E-state index contributed by atoms with van der Waals surface area (Å²) >= 11 is 0. The molecule has 1 amide bonds. The third-order valence-corrected chi connectivity index (χ3v) is 6.12. The van der Waals surface area contributed by atoms with E-state index >= 15 is 0 Å². The molecule has 1 fully saturated rings. The van der Waals surface area contributed by atoms with Gasteiger partial charge in [0.1, 0.15) is 17.3 Å². The van der Waals surface area contributed by atoms with E-state index in [1.165, 1.54) is 0 Å². The van der Waals surface area contributed by atoms with E-state index in [4.69, 9.17) is 9.15 Å². The molecule has 1 atom stereocenters. The van der Waals surface area contributed by atoms with Crippen molar-refractivity contribution in [3.63, 3.8) is 0 Å². The van der Waals surface area contributed by atoms with Gasteiger partial charge < -0.3 is 14.1 Å². The standard InChI is InChI=1S/C18H21NO5S/c1-13-3-6-17(24-13)11-19(15-9-10-25(21,22)12-15)18(20)14-4-7-16(23-2)8-5-14/h3-8,15H,9-12H2,1-2H3/t15-/m1/s1. The Morgan fingerprint density at radius 1 is 1.24 bits per heavy atom. The minimum Gasteiger partial charge on any atom is -0.497 e. The number of benzene rings is 1. The second-order valence-electron chi connectivity index (χ2n) is 6.23. The molecule has 0 spiro atoms. The Kier molecular flexibility index (Phi) is 4.85. The highest BCUT2D eigenvalue weighted by molar-refractivity contribution is 7.91. The summed E-state index contributed by atoms with van der Waals surface area (Å²) in [5.74, 6) is 1.96. The Morgan fingerprint density at radius 2 is 1.96 bits per heavy atom. The number of nitrogens with zero attached hydrogens (tertiary/aromatic N) is 1. The van der Waals surface area contributed by atoms with Gasteiger partial charge in [-0.3, -0.25) is 4.79 Å². The first-order valence-corrected chi connectivity index (χ1v) is 9.91. The van der Waals surface area contributed by atoms with Crippen LogP contribution in [-0.4, -0.2) is 43.9 Å². The summed E-state index contributed by atoms with van der Waals surface area (Å²) in [5, 5.41) is 0. The van der Waals surface area contributed by atoms with E-state index in [0.717, 1.165) is 5.76 Å². The van der Waals surface area contributed by atoms with Gasteiger partial charge in [0.05, 0.1) is 25.2 Å². The first-order valence-electron chi connectivity index (χ1n) is 8.09. The molecule has 0 aliphatic carbocycles. The van der Waals surface area contributed by atoms with Crippen LogP contribution >= 0.6 is 0 Å². The fourth-order valence-electron chi connectivity index (χ4n) is 3.03. The van der Waals surface area contributed by atoms with Crippen molar-refractivity contribution in [3.8, 4) is 5.75 Å². The topological polar surface area (TPSA) is 76.8 Å². The number of carbonyl (C=O) groups excluding carboxylic acids is 1. The normalized spacial score (nSPS) is 18.9. The summed E-state index contributed by atoms with van der Waals surface area (Å²) in [4.78, 5) is 14.6. The zero-order chi connectivity index (χ0) is 18.0. The van der Waals surface area contributed by atoms with Crippen LogP contribution in [0, 0.1) is 6.92 Å². The Bertz CT molecular complexity index is 854. The van der Waals surface area contributed by atoms with E-state index in [9.17, 15) is 13.2 Å². The van der Waals surface area contributed by atoms with E-state index in [1.807, 2.05) is 19.1 Å². The maximum absolute atomic E-state index is 13.0. The van der Waals surface area contributed by atoms with E-state index in [-0.39, 0.29) is 30.0 Å². The maximum atomic E-state index is 13.0. The van der Waals surface area contributed by atoms with Crippen LogP contribution in [0.15, 0.2) is 40.8 Å². The lowest BCUT2D eigenvalue weighted by Gasteiger charge is -2.27. The minimum atomic E-state index is -3.10. The van der Waals surface area contributed by atoms with Gasteiger partial charge in [-0.15, -0.1) is 0 Å². The number of aryl methyl sites for hydroxylation is 1. The second kappa shape index (κ2) is 6.92. The summed E-state index contributed by atoms with van der Waals surface area (Å²) < 4.78 is 34.4. The van der Waals surface area contributed by atoms with Crippen LogP contribution in [0.4, 0.5) is 0 Å². The van der Waals surface area contributed by atoms with Crippen molar-refractivity contribution in [2.45, 2.75) is 25.9 Å². The summed E-state index contributed by atoms with van der Waals surface area (Å²) in [6.07, 6.45) is 0.448. The molecular weight excluding hydrogens is 342 g/mol. The van der Waals surface area contributed by atoms with Gasteiger partial charge in [0.2, 0.25) is 0 Å². The van der Waals surface area contributed by atoms with E-state index in [2.05, 4.69) is 0 Å². The van der Waals surface area contributed by atoms with Crippen LogP contribution in [0.2, 0.25) is 0 Å². The molecule has 2 aromatic rings. The van der Waals surface area contributed by atoms with Crippen molar-refractivity contribution >= 4 is 15.7 Å². The lowest BCUT2D eigenvalue weighted by atomic mass is 10.1. The number of ether oxygens (including phenoxy) is 1. The van der Waals surface area contributed by atoms with Crippen LogP contribution in [0.3, 0.4) is 0 Å². The van der Waals surface area contributed by atoms with Gasteiger partial charge in [-0.2, -0.15) is 0 Å². The first kappa shape index (κ1) is 17.5. The summed E-state index contributed by atoms with van der Waals surface area (Å²) in [6.45, 7) is 2.08. The molecule has 0 N–H and O–H groups in total. The quantitative estimate of drug-likeness (QED) is 0.815. The molecule has 6 nitrogen and oxygen atoms in total. The van der Waals surface area contributed by atoms with Gasteiger partial charge in [-0.1, -0.05) is 0 Å². The molecule has 134 valence electrons. The lowest BCUT2D eigenvalue weighted by Crippen LogP contribution is -2.40. The minimum absolute atomic E-state index is 0.00537. The van der Waals surface area contributed by atoms with Crippen LogP contribution in [-0.2, 0) is 16.4 Å². The fourth-order valence-corrected chi connectivity index (χ4v) is 4.76. The Labute approximate surface area is 147 Å². The predicted octanol–water partition coefficient (Wildman–Crippen LogP) is 2.43. The third-order valence-electron chi connectivity index (χ3n) is 4.37. The molecule has 0 radical (unpaired) electrons. The molecule has 0 bridgehead atoms. The van der Waals surface area contributed by atoms with Crippen LogP contribution in [0.25, 0.3) is 0 Å². The van der Waals surface area contributed by atoms with E-state index < -0.39 is 9.84 Å². The van der Waals surface area contributed by atoms with Crippen molar-refractivity contribution in [1.29, 1.82) is 0 Å². The Hall–Kier alpha value is -2.28. The Morgan fingerprint density at radius 3 is 2.48 bits per heavy atom. The SMILES string of the molecule is COc1ccc(C(=O)N(Cc2ccc(C)o2)[C@@H]2CCS(=O)(=O)C2)cc1. The zero-order valence-corrected chi connectivity index (χ0v) is 15.1. The monoisotopic (exact) mass is 363 g/mol. The van der Waals surface area contributed by atoms with Gasteiger partial charge in [0.15, 0.2) is 9.84 Å².